The first-order valence-electron chi connectivity index (χ1n) is 11.8. The molecule has 4 rings (SSSR count). The number of aromatic nitrogens is 1. The van der Waals surface area contributed by atoms with Crippen LogP contribution < -0.4 is 21.7 Å². The van der Waals surface area contributed by atoms with Crippen LogP contribution in [0.3, 0.4) is 0 Å². The summed E-state index contributed by atoms with van der Waals surface area (Å²) >= 11 is 0. The van der Waals surface area contributed by atoms with E-state index in [2.05, 4.69) is 25.8 Å². The maximum Gasteiger partial charge on any atom is 0.316 e. The molecule has 180 valence electrons. The summed E-state index contributed by atoms with van der Waals surface area (Å²) in [6, 6.07) is 4.47. The maximum atomic E-state index is 12.6. The Kier molecular flexibility index (Phi) is 7.32. The number of aryl methyl sites for hydroxylation is 1. The van der Waals surface area contributed by atoms with Gasteiger partial charge in [-0.25, -0.2) is 4.79 Å². The average molecular weight is 465 g/mol. The number of H-pyrrole nitrogens is 1. The zero-order chi connectivity index (χ0) is 24.1. The third-order valence-electron chi connectivity index (χ3n) is 6.47. The van der Waals surface area contributed by atoms with Crippen LogP contribution in [0.15, 0.2) is 24.4 Å². The number of urea groups is 1. The van der Waals surface area contributed by atoms with Crippen LogP contribution in [0.1, 0.15) is 48.1 Å². The highest BCUT2D eigenvalue weighted by atomic mass is 16.2. The van der Waals surface area contributed by atoms with Gasteiger partial charge in [0.05, 0.1) is 5.57 Å². The summed E-state index contributed by atoms with van der Waals surface area (Å²) in [6.45, 7) is 5.83. The van der Waals surface area contributed by atoms with Crippen LogP contribution in [-0.4, -0.2) is 53.9 Å². The number of hydrogen-bond donors (Lipinski definition) is 5. The van der Waals surface area contributed by atoms with Gasteiger partial charge in [0.2, 0.25) is 5.91 Å². The smallest absolute Gasteiger partial charge is 0.316 e. The lowest BCUT2D eigenvalue weighted by Gasteiger charge is -2.26. The van der Waals surface area contributed by atoms with Crippen LogP contribution in [0, 0.1) is 6.92 Å². The van der Waals surface area contributed by atoms with Gasteiger partial charge in [-0.15, -0.1) is 0 Å². The number of likely N-dealkylation sites (tertiary alicyclic amines) is 1. The van der Waals surface area contributed by atoms with Crippen molar-refractivity contribution in [3.05, 3.63) is 46.8 Å². The highest BCUT2D eigenvalue weighted by molar-refractivity contribution is 6.35. The van der Waals surface area contributed by atoms with Crippen molar-refractivity contribution in [2.24, 2.45) is 5.73 Å². The van der Waals surface area contributed by atoms with Crippen molar-refractivity contribution in [3.8, 4) is 0 Å². The Hall–Kier alpha value is -3.59. The third kappa shape index (κ3) is 5.66. The molecular weight excluding hydrogens is 432 g/mol. The van der Waals surface area contributed by atoms with E-state index in [1.807, 2.05) is 13.1 Å². The molecule has 3 heterocycles. The van der Waals surface area contributed by atoms with Crippen LogP contribution >= 0.6 is 0 Å². The number of carbonyl (C=O) groups is 3. The molecule has 1 aromatic carbocycles. The molecule has 34 heavy (non-hydrogen) atoms. The number of benzene rings is 1. The Balaban J connectivity index is 1.36. The van der Waals surface area contributed by atoms with Gasteiger partial charge < -0.3 is 31.6 Å². The van der Waals surface area contributed by atoms with Crippen molar-refractivity contribution in [2.75, 3.05) is 36.8 Å². The van der Waals surface area contributed by atoms with Crippen LogP contribution in [0.25, 0.3) is 11.6 Å². The predicted octanol–water partition coefficient (Wildman–Crippen LogP) is 2.84. The van der Waals surface area contributed by atoms with Crippen molar-refractivity contribution in [2.45, 2.75) is 39.0 Å². The summed E-state index contributed by atoms with van der Waals surface area (Å²) in [5.41, 5.74) is 10.4. The van der Waals surface area contributed by atoms with Crippen molar-refractivity contribution in [1.82, 2.24) is 15.2 Å². The molecule has 0 saturated carbocycles. The van der Waals surface area contributed by atoms with E-state index in [1.165, 1.54) is 19.3 Å². The highest BCUT2D eigenvalue weighted by Gasteiger charge is 2.25. The number of rotatable bonds is 8. The summed E-state index contributed by atoms with van der Waals surface area (Å²) in [5, 5.41) is 8.40. The molecule has 9 nitrogen and oxygen atoms in total. The molecular formula is C25H32N6O3. The Morgan fingerprint density at radius 1 is 1.21 bits per heavy atom. The van der Waals surface area contributed by atoms with Crippen LogP contribution in [0.4, 0.5) is 16.2 Å². The van der Waals surface area contributed by atoms with Gasteiger partial charge in [-0.1, -0.05) is 6.42 Å². The van der Waals surface area contributed by atoms with E-state index in [0.717, 1.165) is 36.5 Å². The number of carbonyl (C=O) groups excluding carboxylic acids is 3. The molecule has 0 atom stereocenters. The fraction of sp³-hybridized carbons (Fsp3) is 0.400. The zero-order valence-corrected chi connectivity index (χ0v) is 19.5. The Labute approximate surface area is 199 Å². The predicted molar refractivity (Wildman–Crippen MR) is 133 cm³/mol. The van der Waals surface area contributed by atoms with Crippen molar-refractivity contribution >= 4 is 40.9 Å². The number of amides is 4. The van der Waals surface area contributed by atoms with Gasteiger partial charge in [-0.2, -0.15) is 0 Å². The van der Waals surface area contributed by atoms with Gasteiger partial charge >= 0.3 is 6.03 Å². The average Bonchev–Trinajstić information content (AvgIpc) is 3.32. The standard InChI is InChI=1S/C25H32N6O3/c1-16-17(5-8-23(32)27-9-12-31-10-3-2-4-11-31)15-28-22(16)14-20-19-13-18(29-25(26)34)6-7-21(19)30-24(20)33/h6-7,13-15,28H,2-5,8-12H2,1H3,(H,27,32)(H,30,33)(H3,26,29,34). The van der Waals surface area contributed by atoms with E-state index in [-0.39, 0.29) is 11.8 Å². The topological polar surface area (TPSA) is 132 Å². The zero-order valence-electron chi connectivity index (χ0n) is 19.5. The summed E-state index contributed by atoms with van der Waals surface area (Å²) < 4.78 is 0. The van der Waals surface area contributed by atoms with Gasteiger partial charge in [-0.05, 0) is 74.7 Å². The molecule has 1 fully saturated rings. The fourth-order valence-electron chi connectivity index (χ4n) is 4.53. The summed E-state index contributed by atoms with van der Waals surface area (Å²) in [6.07, 6.45) is 8.53. The van der Waals surface area contributed by atoms with E-state index < -0.39 is 6.03 Å². The minimum atomic E-state index is -0.664. The molecule has 6 N–H and O–H groups in total. The number of hydrogen-bond acceptors (Lipinski definition) is 4. The number of nitrogens with zero attached hydrogens (tertiary/aromatic N) is 1. The minimum absolute atomic E-state index is 0.0519. The quantitative estimate of drug-likeness (QED) is 0.384. The molecule has 9 heteroatoms. The fourth-order valence-corrected chi connectivity index (χ4v) is 4.53. The van der Waals surface area contributed by atoms with E-state index in [0.29, 0.717) is 41.9 Å². The molecule has 0 aliphatic carbocycles. The second-order valence-electron chi connectivity index (χ2n) is 8.87. The molecule has 4 amide bonds. The SMILES string of the molecule is Cc1c(CCC(=O)NCCN2CCCCC2)c[nH]c1C=C1C(=O)Nc2ccc(NC(N)=O)cc21. The number of nitrogens with two attached hydrogens (primary N) is 1. The first-order chi connectivity index (χ1) is 16.4. The Bertz CT molecular complexity index is 1110. The number of primary amides is 1. The molecule has 0 spiro atoms. The lowest BCUT2D eigenvalue weighted by atomic mass is 10.0. The third-order valence-corrected chi connectivity index (χ3v) is 6.47. The second-order valence-corrected chi connectivity index (χ2v) is 8.87. The van der Waals surface area contributed by atoms with Crippen molar-refractivity contribution < 1.29 is 14.4 Å². The molecule has 0 bridgehead atoms. The lowest BCUT2D eigenvalue weighted by molar-refractivity contribution is -0.121. The second kappa shape index (κ2) is 10.6. The number of piperidine rings is 1. The largest absolute Gasteiger partial charge is 0.361 e. The molecule has 1 saturated heterocycles. The first-order valence-corrected chi connectivity index (χ1v) is 11.8. The number of aromatic amines is 1. The monoisotopic (exact) mass is 464 g/mol. The Morgan fingerprint density at radius 2 is 2.00 bits per heavy atom. The van der Waals surface area contributed by atoms with Crippen molar-refractivity contribution in [1.29, 1.82) is 0 Å². The number of anilines is 2. The first kappa shape index (κ1) is 23.6. The van der Waals surface area contributed by atoms with E-state index in [4.69, 9.17) is 5.73 Å². The summed E-state index contributed by atoms with van der Waals surface area (Å²) in [7, 11) is 0. The van der Waals surface area contributed by atoms with Crippen LogP contribution in [0.5, 0.6) is 0 Å². The molecule has 0 radical (unpaired) electrons. The highest BCUT2D eigenvalue weighted by Crippen LogP contribution is 2.35. The summed E-state index contributed by atoms with van der Waals surface area (Å²) in [4.78, 5) is 41.7. The summed E-state index contributed by atoms with van der Waals surface area (Å²) in [5.74, 6) is -0.161. The number of nitrogens with one attached hydrogen (secondary N) is 4. The van der Waals surface area contributed by atoms with Crippen LogP contribution in [0.2, 0.25) is 0 Å². The molecule has 0 unspecified atom stereocenters. The normalized spacial score (nSPS) is 16.9. The van der Waals surface area contributed by atoms with E-state index in [1.54, 1.807) is 24.3 Å². The van der Waals surface area contributed by atoms with Crippen molar-refractivity contribution in [3.63, 3.8) is 0 Å². The van der Waals surface area contributed by atoms with Gasteiger partial charge in [0.15, 0.2) is 0 Å². The lowest BCUT2D eigenvalue weighted by Crippen LogP contribution is -2.37. The van der Waals surface area contributed by atoms with E-state index in [9.17, 15) is 14.4 Å². The van der Waals surface area contributed by atoms with Crippen LogP contribution in [-0.2, 0) is 16.0 Å². The molecule has 2 aromatic rings. The maximum absolute atomic E-state index is 12.6. The molecule has 1 aromatic heterocycles. The molecule has 2 aliphatic rings. The molecule has 2 aliphatic heterocycles. The van der Waals surface area contributed by atoms with Gasteiger partial charge in [0.1, 0.15) is 0 Å². The number of fused-ring (bicyclic) bond motifs is 1. The van der Waals surface area contributed by atoms with Gasteiger partial charge in [0.25, 0.3) is 5.91 Å². The van der Waals surface area contributed by atoms with Gasteiger partial charge in [-0.3, -0.25) is 9.59 Å². The minimum Gasteiger partial charge on any atom is -0.361 e. The van der Waals surface area contributed by atoms with Gasteiger partial charge in [0, 0.05) is 48.3 Å². The Morgan fingerprint density at radius 3 is 2.76 bits per heavy atom. The van der Waals surface area contributed by atoms with E-state index >= 15 is 0 Å².